The zero-order valence-corrected chi connectivity index (χ0v) is 19.8. The van der Waals surface area contributed by atoms with Crippen LogP contribution in [-0.4, -0.2) is 45.7 Å². The van der Waals surface area contributed by atoms with Gasteiger partial charge in [-0.2, -0.15) is 9.78 Å². The Balaban J connectivity index is 1.61. The Morgan fingerprint density at radius 3 is 2.57 bits per heavy atom. The van der Waals surface area contributed by atoms with Crippen LogP contribution < -0.4 is 10.6 Å². The molecule has 0 unspecified atom stereocenters. The van der Waals surface area contributed by atoms with Gasteiger partial charge in [0, 0.05) is 16.0 Å². The molecule has 4 rings (SSSR count). The number of pyridine rings is 1. The number of anilines is 1. The number of benzene rings is 2. The number of nitrogens with zero attached hydrogens (tertiary/aromatic N) is 3. The Kier molecular flexibility index (Phi) is 7.07. The predicted octanol–water partition coefficient (Wildman–Crippen LogP) is 3.93. The van der Waals surface area contributed by atoms with Crippen LogP contribution in [0, 0.1) is 6.92 Å². The van der Waals surface area contributed by atoms with E-state index in [1.54, 1.807) is 31.2 Å². The van der Waals surface area contributed by atoms with Crippen molar-refractivity contribution in [2.24, 2.45) is 0 Å². The number of hydrogen-bond donors (Lipinski definition) is 2. The molecule has 0 fully saturated rings. The Bertz CT molecular complexity index is 1420. The first-order valence-electron chi connectivity index (χ1n) is 10.8. The summed E-state index contributed by atoms with van der Waals surface area (Å²) in [5.41, 5.74) is 2.11. The van der Waals surface area contributed by atoms with Gasteiger partial charge in [0.2, 0.25) is 5.91 Å². The summed E-state index contributed by atoms with van der Waals surface area (Å²) >= 11 is 5.85. The Hall–Kier alpha value is -4.24. The molecule has 0 saturated heterocycles. The standard InChI is InChI=1S/C25H22ClN5O4/c1-3-35-25(34)19-13-28-31(21-12-15(2)18-6-4-5-7-20(18)29-21)23(19)30-22(32)14-27-24(33)16-8-10-17(26)11-9-16/h4-13H,3,14H2,1-2H3,(H,27,33)(H,30,32). The van der Waals surface area contributed by atoms with E-state index < -0.39 is 17.8 Å². The Morgan fingerprint density at radius 1 is 1.09 bits per heavy atom. The van der Waals surface area contributed by atoms with Crippen LogP contribution in [0.3, 0.4) is 0 Å². The second kappa shape index (κ2) is 10.4. The van der Waals surface area contributed by atoms with Crippen molar-refractivity contribution < 1.29 is 19.1 Å². The van der Waals surface area contributed by atoms with Gasteiger partial charge in [0.05, 0.1) is 24.9 Å². The zero-order chi connectivity index (χ0) is 24.9. The molecule has 2 amide bonds. The molecule has 4 aromatic rings. The van der Waals surface area contributed by atoms with E-state index in [1.165, 1.54) is 10.9 Å². The second-order valence-corrected chi connectivity index (χ2v) is 8.03. The van der Waals surface area contributed by atoms with Gasteiger partial charge in [-0.3, -0.25) is 9.59 Å². The van der Waals surface area contributed by atoms with E-state index in [-0.39, 0.29) is 24.5 Å². The molecule has 2 N–H and O–H groups in total. The molecule has 35 heavy (non-hydrogen) atoms. The molecule has 9 nitrogen and oxygen atoms in total. The van der Waals surface area contributed by atoms with Gasteiger partial charge < -0.3 is 15.4 Å². The number of hydrogen-bond acceptors (Lipinski definition) is 6. The van der Waals surface area contributed by atoms with Gasteiger partial charge in [0.1, 0.15) is 5.56 Å². The monoisotopic (exact) mass is 491 g/mol. The summed E-state index contributed by atoms with van der Waals surface area (Å²) in [6, 6.07) is 15.7. The third-order valence-electron chi connectivity index (χ3n) is 5.16. The summed E-state index contributed by atoms with van der Waals surface area (Å²) in [5, 5.41) is 11.0. The first-order valence-corrected chi connectivity index (χ1v) is 11.2. The van der Waals surface area contributed by atoms with Crippen LogP contribution in [0.25, 0.3) is 16.7 Å². The molecular weight excluding hydrogens is 470 g/mol. The molecule has 2 aromatic carbocycles. The van der Waals surface area contributed by atoms with Crippen LogP contribution in [-0.2, 0) is 9.53 Å². The number of halogens is 1. The molecule has 0 saturated carbocycles. The first kappa shape index (κ1) is 23.9. The lowest BCUT2D eigenvalue weighted by Crippen LogP contribution is -2.33. The van der Waals surface area contributed by atoms with Crippen molar-refractivity contribution in [3.8, 4) is 5.82 Å². The molecule has 10 heteroatoms. The summed E-state index contributed by atoms with van der Waals surface area (Å²) in [5.74, 6) is -1.13. The highest BCUT2D eigenvalue weighted by Crippen LogP contribution is 2.24. The van der Waals surface area contributed by atoms with E-state index in [2.05, 4.69) is 20.7 Å². The Labute approximate surface area is 206 Å². The molecule has 0 bridgehead atoms. The van der Waals surface area contributed by atoms with Gasteiger partial charge in [-0.15, -0.1) is 0 Å². The number of nitrogens with one attached hydrogen (secondary N) is 2. The molecule has 2 heterocycles. The molecule has 0 spiro atoms. The lowest BCUT2D eigenvalue weighted by Gasteiger charge is -2.12. The predicted molar refractivity (Wildman–Crippen MR) is 132 cm³/mol. The molecule has 178 valence electrons. The minimum Gasteiger partial charge on any atom is -0.462 e. The maximum atomic E-state index is 12.7. The summed E-state index contributed by atoms with van der Waals surface area (Å²) < 4.78 is 6.48. The number of esters is 1. The van der Waals surface area contributed by atoms with E-state index in [0.717, 1.165) is 16.5 Å². The number of amides is 2. The molecular formula is C25H22ClN5O4. The largest absolute Gasteiger partial charge is 0.462 e. The molecule has 0 atom stereocenters. The lowest BCUT2D eigenvalue weighted by atomic mass is 10.1. The molecule has 2 aromatic heterocycles. The average molecular weight is 492 g/mol. The fourth-order valence-electron chi connectivity index (χ4n) is 3.48. The number of aryl methyl sites for hydroxylation is 1. The van der Waals surface area contributed by atoms with E-state index >= 15 is 0 Å². The van der Waals surface area contributed by atoms with Crippen LogP contribution in [0.5, 0.6) is 0 Å². The molecule has 0 aliphatic rings. The third kappa shape index (κ3) is 5.30. The number of para-hydroxylation sites is 1. The fraction of sp³-hybridized carbons (Fsp3) is 0.160. The summed E-state index contributed by atoms with van der Waals surface area (Å²) in [6.45, 7) is 3.44. The second-order valence-electron chi connectivity index (χ2n) is 7.59. The van der Waals surface area contributed by atoms with Gasteiger partial charge in [0.25, 0.3) is 5.91 Å². The minimum atomic E-state index is -0.642. The average Bonchev–Trinajstić information content (AvgIpc) is 3.26. The van der Waals surface area contributed by atoms with Crippen molar-refractivity contribution in [1.29, 1.82) is 0 Å². The number of fused-ring (bicyclic) bond motifs is 1. The number of ether oxygens (including phenoxy) is 1. The van der Waals surface area contributed by atoms with Crippen molar-refractivity contribution >= 4 is 46.1 Å². The highest BCUT2D eigenvalue weighted by atomic mass is 35.5. The SMILES string of the molecule is CCOC(=O)c1cnn(-c2cc(C)c3ccccc3n2)c1NC(=O)CNC(=O)c1ccc(Cl)cc1. The topological polar surface area (TPSA) is 115 Å². The number of aromatic nitrogens is 3. The minimum absolute atomic E-state index is 0.0665. The van der Waals surface area contributed by atoms with Crippen LogP contribution >= 0.6 is 11.6 Å². The summed E-state index contributed by atoms with van der Waals surface area (Å²) in [6.07, 6.45) is 1.31. The zero-order valence-electron chi connectivity index (χ0n) is 19.0. The van der Waals surface area contributed by atoms with Gasteiger partial charge in [-0.05, 0) is 55.8 Å². The normalized spacial score (nSPS) is 10.7. The van der Waals surface area contributed by atoms with Crippen LogP contribution in [0.15, 0.2) is 60.8 Å². The summed E-state index contributed by atoms with van der Waals surface area (Å²) in [7, 11) is 0. The van der Waals surface area contributed by atoms with E-state index in [4.69, 9.17) is 16.3 Å². The lowest BCUT2D eigenvalue weighted by molar-refractivity contribution is -0.115. The molecule has 0 aliphatic heterocycles. The van der Waals surface area contributed by atoms with Crippen LogP contribution in [0.1, 0.15) is 33.2 Å². The number of rotatable bonds is 7. The van der Waals surface area contributed by atoms with E-state index in [9.17, 15) is 14.4 Å². The smallest absolute Gasteiger partial charge is 0.343 e. The third-order valence-corrected chi connectivity index (χ3v) is 5.42. The van der Waals surface area contributed by atoms with Gasteiger partial charge in [-0.1, -0.05) is 29.8 Å². The van der Waals surface area contributed by atoms with Crippen LogP contribution in [0.4, 0.5) is 5.82 Å². The number of carbonyl (C=O) groups is 3. The van der Waals surface area contributed by atoms with Crippen molar-refractivity contribution in [1.82, 2.24) is 20.1 Å². The highest BCUT2D eigenvalue weighted by molar-refractivity contribution is 6.30. The summed E-state index contributed by atoms with van der Waals surface area (Å²) in [4.78, 5) is 42.2. The molecule has 0 radical (unpaired) electrons. The van der Waals surface area contributed by atoms with Gasteiger partial charge in [0.15, 0.2) is 11.6 Å². The highest BCUT2D eigenvalue weighted by Gasteiger charge is 2.23. The van der Waals surface area contributed by atoms with Crippen molar-refractivity contribution in [3.05, 3.63) is 82.5 Å². The van der Waals surface area contributed by atoms with Crippen molar-refractivity contribution in [3.63, 3.8) is 0 Å². The fourth-order valence-corrected chi connectivity index (χ4v) is 3.61. The first-order chi connectivity index (χ1) is 16.9. The molecule has 0 aliphatic carbocycles. The maximum absolute atomic E-state index is 12.7. The number of carbonyl (C=O) groups excluding carboxylic acids is 3. The van der Waals surface area contributed by atoms with Gasteiger partial charge >= 0.3 is 5.97 Å². The van der Waals surface area contributed by atoms with Crippen molar-refractivity contribution in [2.75, 3.05) is 18.5 Å². The van der Waals surface area contributed by atoms with Crippen LogP contribution in [0.2, 0.25) is 5.02 Å². The van der Waals surface area contributed by atoms with Crippen molar-refractivity contribution in [2.45, 2.75) is 13.8 Å². The maximum Gasteiger partial charge on any atom is 0.343 e. The van der Waals surface area contributed by atoms with Gasteiger partial charge in [-0.25, -0.2) is 9.78 Å². The quantitative estimate of drug-likeness (QED) is 0.378. The van der Waals surface area contributed by atoms with E-state index in [0.29, 0.717) is 16.4 Å². The van der Waals surface area contributed by atoms with E-state index in [1.807, 2.05) is 37.3 Å². The Morgan fingerprint density at radius 2 is 1.83 bits per heavy atom.